The van der Waals surface area contributed by atoms with E-state index >= 15 is 0 Å². The highest BCUT2D eigenvalue weighted by Crippen LogP contribution is 2.22. The van der Waals surface area contributed by atoms with Crippen LogP contribution in [0.3, 0.4) is 0 Å². The number of ether oxygens (including phenoxy) is 1. The summed E-state index contributed by atoms with van der Waals surface area (Å²) in [6.45, 7) is 4.94. The second-order valence-corrected chi connectivity index (χ2v) is 7.78. The molecule has 26 heavy (non-hydrogen) atoms. The maximum atomic E-state index is 13.5. The number of rotatable bonds is 7. The van der Waals surface area contributed by atoms with Crippen molar-refractivity contribution in [3.8, 4) is 6.07 Å². The van der Waals surface area contributed by atoms with E-state index in [1.165, 1.54) is 4.90 Å². The average Bonchev–Trinajstić information content (AvgIpc) is 3.19. The number of nitriles is 1. The van der Waals surface area contributed by atoms with Crippen molar-refractivity contribution in [1.29, 1.82) is 5.26 Å². The number of nitrogens with one attached hydrogen (secondary N) is 1. The van der Waals surface area contributed by atoms with E-state index in [0.29, 0.717) is 6.61 Å². The van der Waals surface area contributed by atoms with Gasteiger partial charge in [-0.2, -0.15) is 5.26 Å². The Hall–Kier alpha value is -1.72. The molecule has 0 aromatic heterocycles. The van der Waals surface area contributed by atoms with Crippen molar-refractivity contribution >= 4 is 11.8 Å². The molecule has 7 nitrogen and oxygen atoms in total. The largest absolute Gasteiger partial charge is 0.383 e. The molecule has 3 atom stereocenters. The molecule has 2 rings (SSSR count). The first-order valence-electron chi connectivity index (χ1n) is 9.14. The summed E-state index contributed by atoms with van der Waals surface area (Å²) in [5, 5.41) is 12.1. The van der Waals surface area contributed by atoms with E-state index in [1.54, 1.807) is 7.11 Å². The van der Waals surface area contributed by atoms with Crippen molar-refractivity contribution in [1.82, 2.24) is 15.1 Å². The Morgan fingerprint density at radius 2 is 2.08 bits per heavy atom. The number of alkyl halides is 1. The molecule has 0 aromatic rings. The van der Waals surface area contributed by atoms with E-state index in [-0.39, 0.29) is 43.8 Å². The van der Waals surface area contributed by atoms with Crippen LogP contribution in [0, 0.1) is 11.3 Å². The molecule has 2 amide bonds. The SMILES string of the molecule is COC[C@H]1CCCN1C(=O)CC(C)(C)NCC(=O)N1C[C@@H](F)C[C@H]1C#N. The van der Waals surface area contributed by atoms with Crippen LogP contribution in [0.1, 0.15) is 39.5 Å². The lowest BCUT2D eigenvalue weighted by Crippen LogP contribution is -2.50. The maximum Gasteiger partial charge on any atom is 0.237 e. The number of amides is 2. The number of likely N-dealkylation sites (tertiary alicyclic amines) is 2. The van der Waals surface area contributed by atoms with Gasteiger partial charge in [-0.15, -0.1) is 0 Å². The summed E-state index contributed by atoms with van der Waals surface area (Å²) < 4.78 is 18.6. The molecule has 2 aliphatic rings. The summed E-state index contributed by atoms with van der Waals surface area (Å²) in [4.78, 5) is 28.1. The first-order valence-corrected chi connectivity index (χ1v) is 9.14. The monoisotopic (exact) mass is 368 g/mol. The van der Waals surface area contributed by atoms with Crippen molar-refractivity contribution in [2.75, 3.05) is 33.4 Å². The fourth-order valence-electron chi connectivity index (χ4n) is 3.67. The molecule has 0 aliphatic carbocycles. The van der Waals surface area contributed by atoms with Gasteiger partial charge < -0.3 is 19.9 Å². The Labute approximate surface area is 154 Å². The van der Waals surface area contributed by atoms with Crippen LogP contribution in [-0.4, -0.2) is 78.8 Å². The van der Waals surface area contributed by atoms with Crippen LogP contribution in [0.5, 0.6) is 0 Å². The number of carbonyl (C=O) groups excluding carboxylic acids is 2. The summed E-state index contributed by atoms with van der Waals surface area (Å²) in [7, 11) is 1.63. The lowest BCUT2D eigenvalue weighted by atomic mass is 9.99. The van der Waals surface area contributed by atoms with Crippen LogP contribution in [0.2, 0.25) is 0 Å². The zero-order valence-electron chi connectivity index (χ0n) is 15.8. The summed E-state index contributed by atoms with van der Waals surface area (Å²) in [6.07, 6.45) is 1.10. The van der Waals surface area contributed by atoms with Gasteiger partial charge in [-0.05, 0) is 26.7 Å². The number of halogens is 1. The van der Waals surface area contributed by atoms with E-state index in [0.717, 1.165) is 19.4 Å². The quantitative estimate of drug-likeness (QED) is 0.720. The molecular formula is C18H29FN4O3. The van der Waals surface area contributed by atoms with E-state index in [1.807, 2.05) is 24.8 Å². The van der Waals surface area contributed by atoms with Crippen molar-refractivity contribution in [2.45, 2.75) is 63.3 Å². The molecule has 0 bridgehead atoms. The second-order valence-electron chi connectivity index (χ2n) is 7.78. The fraction of sp³-hybridized carbons (Fsp3) is 0.833. The average molecular weight is 368 g/mol. The summed E-state index contributed by atoms with van der Waals surface area (Å²) in [5.41, 5.74) is -0.579. The second kappa shape index (κ2) is 8.78. The zero-order chi connectivity index (χ0) is 19.3. The van der Waals surface area contributed by atoms with E-state index in [9.17, 15) is 14.0 Å². The minimum atomic E-state index is -1.15. The first-order chi connectivity index (χ1) is 12.3. The van der Waals surface area contributed by atoms with Crippen molar-refractivity contribution < 1.29 is 18.7 Å². The molecular weight excluding hydrogens is 339 g/mol. The summed E-state index contributed by atoms with van der Waals surface area (Å²) >= 11 is 0. The Morgan fingerprint density at radius 1 is 1.35 bits per heavy atom. The standard InChI is InChI=1S/C18H29FN4O3/c1-18(2,8-16(24)22-6-4-5-14(22)12-26-3)21-10-17(25)23-11-13(19)7-15(23)9-20/h13-15,21H,4-8,10-12H2,1-3H3/t13-,14+,15-/m0/s1. The van der Waals surface area contributed by atoms with Crippen LogP contribution in [0.25, 0.3) is 0 Å². The van der Waals surface area contributed by atoms with Crippen molar-refractivity contribution in [3.05, 3.63) is 0 Å². The number of methoxy groups -OCH3 is 1. The van der Waals surface area contributed by atoms with Crippen LogP contribution in [0.15, 0.2) is 0 Å². The number of nitrogens with zero attached hydrogens (tertiary/aromatic N) is 3. The minimum Gasteiger partial charge on any atom is -0.383 e. The highest BCUT2D eigenvalue weighted by Gasteiger charge is 2.36. The van der Waals surface area contributed by atoms with Crippen LogP contribution < -0.4 is 5.32 Å². The van der Waals surface area contributed by atoms with Crippen LogP contribution in [0.4, 0.5) is 4.39 Å². The van der Waals surface area contributed by atoms with E-state index in [4.69, 9.17) is 10.00 Å². The zero-order valence-corrected chi connectivity index (χ0v) is 15.8. The highest BCUT2D eigenvalue weighted by atomic mass is 19.1. The van der Waals surface area contributed by atoms with Gasteiger partial charge in [0.15, 0.2) is 0 Å². The maximum absolute atomic E-state index is 13.5. The molecule has 2 fully saturated rings. The molecule has 2 aliphatic heterocycles. The summed E-state index contributed by atoms with van der Waals surface area (Å²) in [5.74, 6) is -0.273. The lowest BCUT2D eigenvalue weighted by Gasteiger charge is -2.31. The molecule has 2 saturated heterocycles. The van der Waals surface area contributed by atoms with Gasteiger partial charge in [0.1, 0.15) is 12.2 Å². The smallest absolute Gasteiger partial charge is 0.237 e. The Morgan fingerprint density at radius 3 is 2.73 bits per heavy atom. The Balaban J connectivity index is 1.85. The molecule has 8 heteroatoms. The Kier molecular flexibility index (Phi) is 6.95. The Bertz CT molecular complexity index is 563. The molecule has 146 valence electrons. The number of hydrogen-bond donors (Lipinski definition) is 1. The third-order valence-corrected chi connectivity index (χ3v) is 5.09. The molecule has 1 N–H and O–H groups in total. The van der Waals surface area contributed by atoms with Gasteiger partial charge in [0.25, 0.3) is 0 Å². The minimum absolute atomic E-state index is 0.0212. The van der Waals surface area contributed by atoms with Gasteiger partial charge in [-0.1, -0.05) is 0 Å². The third-order valence-electron chi connectivity index (χ3n) is 5.09. The predicted octanol–water partition coefficient (Wildman–Crippen LogP) is 0.845. The van der Waals surface area contributed by atoms with Crippen molar-refractivity contribution in [2.24, 2.45) is 0 Å². The van der Waals surface area contributed by atoms with Gasteiger partial charge in [0.05, 0.1) is 31.8 Å². The lowest BCUT2D eigenvalue weighted by molar-refractivity contribution is -0.135. The van der Waals surface area contributed by atoms with Crippen molar-refractivity contribution in [3.63, 3.8) is 0 Å². The topological polar surface area (TPSA) is 85.7 Å². The van der Waals surface area contributed by atoms with E-state index in [2.05, 4.69) is 5.32 Å². The third kappa shape index (κ3) is 5.15. The van der Waals surface area contributed by atoms with Crippen LogP contribution in [-0.2, 0) is 14.3 Å². The molecule has 0 unspecified atom stereocenters. The van der Waals surface area contributed by atoms with Gasteiger partial charge >= 0.3 is 0 Å². The van der Waals surface area contributed by atoms with Crippen LogP contribution >= 0.6 is 0 Å². The molecule has 0 spiro atoms. The molecule has 2 heterocycles. The number of carbonyl (C=O) groups is 2. The normalized spacial score (nSPS) is 26.2. The molecule has 0 saturated carbocycles. The van der Waals surface area contributed by atoms with Gasteiger partial charge in [-0.3, -0.25) is 9.59 Å². The molecule has 0 aromatic carbocycles. The summed E-state index contributed by atoms with van der Waals surface area (Å²) in [6, 6.07) is 1.39. The van der Waals surface area contributed by atoms with Gasteiger partial charge in [0, 0.05) is 32.0 Å². The highest BCUT2D eigenvalue weighted by molar-refractivity contribution is 5.80. The fourth-order valence-corrected chi connectivity index (χ4v) is 3.67. The number of hydrogen-bond acceptors (Lipinski definition) is 5. The van der Waals surface area contributed by atoms with Gasteiger partial charge in [0.2, 0.25) is 11.8 Å². The van der Waals surface area contributed by atoms with E-state index < -0.39 is 17.8 Å². The molecule has 0 radical (unpaired) electrons. The first kappa shape index (κ1) is 20.6. The predicted molar refractivity (Wildman–Crippen MR) is 93.9 cm³/mol. The van der Waals surface area contributed by atoms with Gasteiger partial charge in [-0.25, -0.2) is 4.39 Å².